The molecule has 1 atom stereocenters. The summed E-state index contributed by atoms with van der Waals surface area (Å²) in [6.45, 7) is 1.88. The van der Waals surface area contributed by atoms with Gasteiger partial charge in [0, 0.05) is 12.7 Å². The van der Waals surface area contributed by atoms with Crippen LogP contribution in [-0.4, -0.2) is 41.4 Å². The second kappa shape index (κ2) is 10.4. The molecule has 3 rings (SSSR count). The van der Waals surface area contributed by atoms with Crippen molar-refractivity contribution in [2.45, 2.75) is 34.4 Å². The van der Waals surface area contributed by atoms with Crippen molar-refractivity contribution >= 4 is 44.8 Å². The first-order valence-corrected chi connectivity index (χ1v) is 12.6. The molecule has 8 nitrogen and oxygen atoms in total. The molecule has 0 aliphatic carbocycles. The first kappa shape index (κ1) is 24.1. The number of nitrogens with one attached hydrogen (secondary N) is 1. The van der Waals surface area contributed by atoms with Crippen molar-refractivity contribution in [1.29, 1.82) is 0 Å². The Morgan fingerprint density at radius 3 is 2.56 bits per heavy atom. The van der Waals surface area contributed by atoms with Crippen LogP contribution in [0.2, 0.25) is 5.02 Å². The number of hydrogen-bond donors (Lipinski definition) is 1. The van der Waals surface area contributed by atoms with E-state index in [0.717, 1.165) is 0 Å². The molecule has 0 radical (unpaired) electrons. The van der Waals surface area contributed by atoms with Crippen molar-refractivity contribution in [2.24, 2.45) is 7.05 Å². The molecule has 0 bridgehead atoms. The van der Waals surface area contributed by atoms with Gasteiger partial charge in [0.1, 0.15) is 17.3 Å². The molecule has 1 amide bonds. The van der Waals surface area contributed by atoms with Gasteiger partial charge in [-0.25, -0.2) is 8.42 Å². The van der Waals surface area contributed by atoms with E-state index in [-0.39, 0.29) is 16.6 Å². The van der Waals surface area contributed by atoms with Crippen LogP contribution in [0.25, 0.3) is 0 Å². The Kier molecular flexibility index (Phi) is 7.81. The summed E-state index contributed by atoms with van der Waals surface area (Å²) in [6.07, 6.45) is 0.533. The van der Waals surface area contributed by atoms with Gasteiger partial charge in [0.15, 0.2) is 15.0 Å². The number of rotatable bonds is 9. The van der Waals surface area contributed by atoms with Crippen LogP contribution in [0.15, 0.2) is 58.6 Å². The third-order valence-electron chi connectivity index (χ3n) is 4.68. The van der Waals surface area contributed by atoms with Crippen molar-refractivity contribution in [3.63, 3.8) is 0 Å². The van der Waals surface area contributed by atoms with Crippen molar-refractivity contribution in [1.82, 2.24) is 14.8 Å². The summed E-state index contributed by atoms with van der Waals surface area (Å²) in [5.41, 5.74) is 0.549. The number of nitrogens with zero attached hydrogens (tertiary/aromatic N) is 3. The van der Waals surface area contributed by atoms with Gasteiger partial charge < -0.3 is 14.6 Å². The highest BCUT2D eigenvalue weighted by Crippen LogP contribution is 2.29. The number of aromatic nitrogens is 3. The zero-order valence-electron chi connectivity index (χ0n) is 17.8. The lowest BCUT2D eigenvalue weighted by Crippen LogP contribution is -2.25. The van der Waals surface area contributed by atoms with Gasteiger partial charge in [-0.1, -0.05) is 48.5 Å². The molecule has 0 aliphatic rings. The molecule has 0 aliphatic heterocycles. The number of sulfone groups is 1. The van der Waals surface area contributed by atoms with Crippen LogP contribution >= 0.6 is 23.4 Å². The Morgan fingerprint density at radius 1 is 1.22 bits per heavy atom. The average molecular weight is 495 g/mol. The molecule has 1 N–H and O–H groups in total. The van der Waals surface area contributed by atoms with E-state index in [2.05, 4.69) is 15.5 Å². The maximum absolute atomic E-state index is 12.8. The number of ether oxygens (including phenoxy) is 1. The molecule has 1 heterocycles. The quantitative estimate of drug-likeness (QED) is 0.449. The SMILES string of the molecule is CCC(Sc1nnc(CS(=O)(=O)c2ccccc2)n1C)C(=O)Nc1ccc(OC)c(Cl)c1. The minimum atomic E-state index is -3.56. The fourth-order valence-electron chi connectivity index (χ4n) is 2.87. The van der Waals surface area contributed by atoms with Crippen molar-refractivity contribution in [3.8, 4) is 5.75 Å². The topological polar surface area (TPSA) is 103 Å². The average Bonchev–Trinajstić information content (AvgIpc) is 3.11. The largest absolute Gasteiger partial charge is 0.495 e. The Balaban J connectivity index is 1.71. The van der Waals surface area contributed by atoms with Gasteiger partial charge in [-0.05, 0) is 36.8 Å². The molecule has 0 saturated carbocycles. The zero-order valence-corrected chi connectivity index (χ0v) is 20.2. The van der Waals surface area contributed by atoms with Crippen LogP contribution in [-0.2, 0) is 27.4 Å². The number of thioether (sulfide) groups is 1. The van der Waals surface area contributed by atoms with Crippen LogP contribution in [0.3, 0.4) is 0 Å². The lowest BCUT2D eigenvalue weighted by molar-refractivity contribution is -0.115. The smallest absolute Gasteiger partial charge is 0.237 e. The molecule has 3 aromatic rings. The number of benzene rings is 2. The third kappa shape index (κ3) is 5.62. The van der Waals surface area contributed by atoms with E-state index in [0.29, 0.717) is 33.9 Å². The maximum Gasteiger partial charge on any atom is 0.237 e. The summed E-state index contributed by atoms with van der Waals surface area (Å²) in [5.74, 6) is 0.311. The lowest BCUT2D eigenvalue weighted by atomic mass is 10.2. The second-order valence-corrected chi connectivity index (χ2v) is 10.4. The Labute approximate surface area is 196 Å². The number of carbonyl (C=O) groups excluding carboxylic acids is 1. The van der Waals surface area contributed by atoms with E-state index in [1.165, 1.54) is 18.9 Å². The molecular weight excluding hydrogens is 472 g/mol. The Bertz CT molecular complexity index is 1200. The summed E-state index contributed by atoms with van der Waals surface area (Å²) in [4.78, 5) is 13.0. The fraction of sp³-hybridized carbons (Fsp3) is 0.286. The molecule has 0 saturated heterocycles. The number of hydrogen-bond acceptors (Lipinski definition) is 7. The summed E-state index contributed by atoms with van der Waals surface area (Å²) >= 11 is 7.35. The summed E-state index contributed by atoms with van der Waals surface area (Å²) < 4.78 is 32.0. The molecule has 170 valence electrons. The van der Waals surface area contributed by atoms with Crippen LogP contribution < -0.4 is 10.1 Å². The van der Waals surface area contributed by atoms with Crippen LogP contribution in [0, 0.1) is 0 Å². The molecule has 0 spiro atoms. The van der Waals surface area contributed by atoms with Crippen molar-refractivity contribution in [3.05, 3.63) is 59.4 Å². The second-order valence-electron chi connectivity index (χ2n) is 6.88. The van der Waals surface area contributed by atoms with E-state index in [1.54, 1.807) is 60.1 Å². The van der Waals surface area contributed by atoms with E-state index in [4.69, 9.17) is 16.3 Å². The van der Waals surface area contributed by atoms with Gasteiger partial charge in [0.2, 0.25) is 5.91 Å². The normalized spacial score (nSPS) is 12.4. The van der Waals surface area contributed by atoms with E-state index >= 15 is 0 Å². The predicted molar refractivity (Wildman–Crippen MR) is 125 cm³/mol. The van der Waals surface area contributed by atoms with Gasteiger partial charge in [0.25, 0.3) is 0 Å². The first-order chi connectivity index (χ1) is 15.2. The minimum absolute atomic E-state index is 0.222. The highest BCUT2D eigenvalue weighted by Gasteiger charge is 2.24. The van der Waals surface area contributed by atoms with Crippen LogP contribution in [0.1, 0.15) is 19.2 Å². The molecule has 32 heavy (non-hydrogen) atoms. The van der Waals surface area contributed by atoms with Gasteiger partial charge in [-0.2, -0.15) is 0 Å². The van der Waals surface area contributed by atoms with Crippen molar-refractivity contribution < 1.29 is 17.9 Å². The minimum Gasteiger partial charge on any atom is -0.495 e. The number of methoxy groups -OCH3 is 1. The predicted octanol–water partition coefficient (Wildman–Crippen LogP) is 3.96. The van der Waals surface area contributed by atoms with E-state index < -0.39 is 15.1 Å². The highest BCUT2D eigenvalue weighted by molar-refractivity contribution is 8.00. The van der Waals surface area contributed by atoms with Gasteiger partial charge in [-0.3, -0.25) is 4.79 Å². The monoisotopic (exact) mass is 494 g/mol. The summed E-state index contributed by atoms with van der Waals surface area (Å²) in [6, 6.07) is 13.2. The zero-order chi connectivity index (χ0) is 23.3. The fourth-order valence-corrected chi connectivity index (χ4v) is 5.40. The van der Waals surface area contributed by atoms with Gasteiger partial charge in [-0.15, -0.1) is 10.2 Å². The number of halogens is 1. The van der Waals surface area contributed by atoms with Gasteiger partial charge in [0.05, 0.1) is 22.3 Å². The third-order valence-corrected chi connectivity index (χ3v) is 8.00. The van der Waals surface area contributed by atoms with E-state index in [9.17, 15) is 13.2 Å². The van der Waals surface area contributed by atoms with Gasteiger partial charge >= 0.3 is 0 Å². The molecule has 0 fully saturated rings. The standard InChI is InChI=1S/C21H23ClN4O4S2/c1-4-18(20(27)23-14-10-11-17(30-3)16(22)12-14)31-21-25-24-19(26(21)2)13-32(28,29)15-8-6-5-7-9-15/h5-12,18H,4,13H2,1-3H3,(H,23,27). The molecular formula is C21H23ClN4O4S2. The maximum atomic E-state index is 12.8. The first-order valence-electron chi connectivity index (χ1n) is 9.72. The Morgan fingerprint density at radius 2 is 1.94 bits per heavy atom. The van der Waals surface area contributed by atoms with Crippen LogP contribution in [0.4, 0.5) is 5.69 Å². The lowest BCUT2D eigenvalue weighted by Gasteiger charge is -2.15. The molecule has 2 aromatic carbocycles. The van der Waals surface area contributed by atoms with E-state index in [1.807, 2.05) is 6.92 Å². The molecule has 1 unspecified atom stereocenters. The molecule has 1 aromatic heterocycles. The molecule has 11 heteroatoms. The Hall–Kier alpha value is -2.56. The summed E-state index contributed by atoms with van der Waals surface area (Å²) in [7, 11) is -0.354. The number of carbonyl (C=O) groups is 1. The number of amides is 1. The number of anilines is 1. The van der Waals surface area contributed by atoms with Crippen molar-refractivity contribution in [2.75, 3.05) is 12.4 Å². The highest BCUT2D eigenvalue weighted by atomic mass is 35.5. The van der Waals surface area contributed by atoms with Crippen LogP contribution in [0.5, 0.6) is 5.75 Å². The summed E-state index contributed by atoms with van der Waals surface area (Å²) in [5, 5.41) is 11.4.